The molecule has 1 aromatic heterocycles. The van der Waals surface area contributed by atoms with Crippen molar-refractivity contribution in [2.24, 2.45) is 0 Å². The Kier molecular flexibility index (Phi) is 4.55. The molecule has 1 atom stereocenters. The maximum Gasteiger partial charge on any atom is 0.115 e. The predicted octanol–water partition coefficient (Wildman–Crippen LogP) is 5.66. The van der Waals surface area contributed by atoms with Crippen molar-refractivity contribution in [2.75, 3.05) is 0 Å². The van der Waals surface area contributed by atoms with E-state index in [4.69, 9.17) is 23.2 Å². The average molecular weight is 417 g/mol. The molecule has 0 spiro atoms. The van der Waals surface area contributed by atoms with E-state index in [0.717, 1.165) is 13.1 Å². The molecule has 0 aliphatic rings. The lowest BCUT2D eigenvalue weighted by atomic mass is 10.1. The van der Waals surface area contributed by atoms with Gasteiger partial charge < -0.3 is 5.11 Å². The Hall–Kier alpha value is 0.420. The van der Waals surface area contributed by atoms with Crippen molar-refractivity contribution in [3.8, 4) is 0 Å². The fraction of sp³-hybridized carbons (Fsp3) is 0.0909. The number of aliphatic hydroxyl groups is 1. The molecule has 0 saturated carbocycles. The van der Waals surface area contributed by atoms with Gasteiger partial charge in [-0.25, -0.2) is 0 Å². The summed E-state index contributed by atoms with van der Waals surface area (Å²) in [7, 11) is 0. The van der Waals surface area contributed by atoms with Crippen LogP contribution in [-0.4, -0.2) is 5.11 Å². The highest BCUT2D eigenvalue weighted by Gasteiger charge is 2.17. The zero-order chi connectivity index (χ0) is 12.6. The van der Waals surface area contributed by atoms with Gasteiger partial charge in [-0.15, -0.1) is 11.3 Å². The van der Waals surface area contributed by atoms with Crippen molar-refractivity contribution in [3.05, 3.63) is 53.0 Å². The molecule has 1 heterocycles. The summed E-state index contributed by atoms with van der Waals surface area (Å²) < 4.78 is 1.69. The van der Waals surface area contributed by atoms with Crippen molar-refractivity contribution in [2.45, 2.75) is 6.10 Å². The van der Waals surface area contributed by atoms with Crippen LogP contribution in [0.2, 0.25) is 10.0 Å². The van der Waals surface area contributed by atoms with Gasteiger partial charge in [0.05, 0.1) is 8.81 Å². The molecule has 17 heavy (non-hydrogen) atoms. The first-order valence-corrected chi connectivity index (χ1v) is 7.72. The molecule has 1 unspecified atom stereocenters. The first-order valence-electron chi connectivity index (χ1n) is 4.57. The first-order chi connectivity index (χ1) is 7.99. The van der Waals surface area contributed by atoms with Gasteiger partial charge in [0.2, 0.25) is 0 Å². The van der Waals surface area contributed by atoms with Crippen molar-refractivity contribution in [1.82, 2.24) is 0 Å². The summed E-state index contributed by atoms with van der Waals surface area (Å²) in [4.78, 5) is 0.756. The summed E-state index contributed by atoms with van der Waals surface area (Å²) in [6.45, 7) is 0. The monoisotopic (exact) mass is 414 g/mol. The lowest BCUT2D eigenvalue weighted by molar-refractivity contribution is 0.224. The number of thiophene rings is 1. The van der Waals surface area contributed by atoms with Crippen LogP contribution in [0.15, 0.2) is 32.5 Å². The van der Waals surface area contributed by atoms with Crippen LogP contribution in [0.25, 0.3) is 0 Å². The Labute approximate surface area is 130 Å². The van der Waals surface area contributed by atoms with Gasteiger partial charge in [0, 0.05) is 19.9 Å². The topological polar surface area (TPSA) is 20.2 Å². The standard InChI is InChI=1S/C11H6Br2Cl2OS/c12-5-1-2-6(7(14)3-5)10(16)9-4-8(15)11(13)17-9/h1-4,10,16H. The van der Waals surface area contributed by atoms with Crippen LogP contribution < -0.4 is 0 Å². The zero-order valence-corrected chi connectivity index (χ0v) is 13.8. The third-order valence-corrected chi connectivity index (χ3v) is 5.54. The van der Waals surface area contributed by atoms with Crippen LogP contribution >= 0.6 is 66.4 Å². The van der Waals surface area contributed by atoms with Gasteiger partial charge in [0.15, 0.2) is 0 Å². The average Bonchev–Trinajstić information content (AvgIpc) is 2.58. The van der Waals surface area contributed by atoms with E-state index in [9.17, 15) is 5.11 Å². The molecule has 0 aliphatic carbocycles. The van der Waals surface area contributed by atoms with Crippen LogP contribution in [0.4, 0.5) is 0 Å². The summed E-state index contributed by atoms with van der Waals surface area (Å²) in [5.74, 6) is 0. The van der Waals surface area contributed by atoms with Gasteiger partial charge in [-0.05, 0) is 34.1 Å². The van der Waals surface area contributed by atoms with Crippen LogP contribution in [0.3, 0.4) is 0 Å². The third-order valence-electron chi connectivity index (χ3n) is 2.19. The normalized spacial score (nSPS) is 12.8. The number of halogens is 4. The minimum Gasteiger partial charge on any atom is -0.383 e. The Morgan fingerprint density at radius 2 is 1.82 bits per heavy atom. The van der Waals surface area contributed by atoms with Crippen LogP contribution in [0.5, 0.6) is 0 Å². The Morgan fingerprint density at radius 3 is 2.35 bits per heavy atom. The van der Waals surface area contributed by atoms with E-state index >= 15 is 0 Å². The number of rotatable bonds is 2. The van der Waals surface area contributed by atoms with Crippen LogP contribution in [-0.2, 0) is 0 Å². The van der Waals surface area contributed by atoms with Gasteiger partial charge >= 0.3 is 0 Å². The summed E-state index contributed by atoms with van der Waals surface area (Å²) in [5, 5.41) is 11.3. The Bertz CT molecular complexity index is 537. The number of hydrogen-bond donors (Lipinski definition) is 1. The quantitative estimate of drug-likeness (QED) is 0.669. The van der Waals surface area contributed by atoms with Crippen LogP contribution in [0, 0.1) is 0 Å². The van der Waals surface area contributed by atoms with E-state index in [1.807, 2.05) is 6.07 Å². The molecule has 0 aliphatic heterocycles. The second-order valence-electron chi connectivity index (χ2n) is 3.34. The molecule has 1 aromatic carbocycles. The SMILES string of the molecule is OC(c1cc(Cl)c(Br)s1)c1ccc(Br)cc1Cl. The molecular formula is C11H6Br2Cl2OS. The minimum atomic E-state index is -0.760. The van der Waals surface area contributed by atoms with Crippen molar-refractivity contribution in [1.29, 1.82) is 0 Å². The maximum atomic E-state index is 10.2. The second-order valence-corrected chi connectivity index (χ2v) is 7.47. The van der Waals surface area contributed by atoms with E-state index in [2.05, 4.69) is 31.9 Å². The van der Waals surface area contributed by atoms with Gasteiger partial charge in [0.25, 0.3) is 0 Å². The molecule has 0 amide bonds. The van der Waals surface area contributed by atoms with E-state index in [-0.39, 0.29) is 0 Å². The molecule has 6 heteroatoms. The van der Waals surface area contributed by atoms with E-state index < -0.39 is 6.10 Å². The lowest BCUT2D eigenvalue weighted by Crippen LogP contribution is -1.97. The zero-order valence-electron chi connectivity index (χ0n) is 8.25. The predicted molar refractivity (Wildman–Crippen MR) is 80.2 cm³/mol. The third kappa shape index (κ3) is 3.06. The largest absolute Gasteiger partial charge is 0.383 e. The second kappa shape index (κ2) is 5.59. The molecule has 0 fully saturated rings. The van der Waals surface area contributed by atoms with Gasteiger partial charge in [0.1, 0.15) is 6.10 Å². The summed E-state index contributed by atoms with van der Waals surface area (Å²) in [6.07, 6.45) is -0.760. The summed E-state index contributed by atoms with van der Waals surface area (Å²) in [5.41, 5.74) is 0.667. The summed E-state index contributed by atoms with van der Waals surface area (Å²) in [6, 6.07) is 7.12. The molecule has 1 nitrogen and oxygen atoms in total. The minimum absolute atomic E-state index is 0.521. The van der Waals surface area contributed by atoms with Crippen molar-refractivity contribution < 1.29 is 5.11 Å². The highest BCUT2D eigenvalue weighted by Crippen LogP contribution is 2.39. The molecule has 2 aromatic rings. The van der Waals surface area contributed by atoms with Gasteiger partial charge in [-0.2, -0.15) is 0 Å². The highest BCUT2D eigenvalue weighted by atomic mass is 79.9. The number of benzene rings is 1. The molecule has 0 radical (unpaired) electrons. The van der Waals surface area contributed by atoms with Crippen molar-refractivity contribution in [3.63, 3.8) is 0 Å². The smallest absolute Gasteiger partial charge is 0.115 e. The Morgan fingerprint density at radius 1 is 1.12 bits per heavy atom. The number of hydrogen-bond acceptors (Lipinski definition) is 2. The molecule has 0 saturated heterocycles. The fourth-order valence-corrected chi connectivity index (χ4v) is 3.90. The van der Waals surface area contributed by atoms with Crippen molar-refractivity contribution >= 4 is 66.4 Å². The van der Waals surface area contributed by atoms with E-state index in [0.29, 0.717) is 15.6 Å². The lowest BCUT2D eigenvalue weighted by Gasteiger charge is -2.10. The van der Waals surface area contributed by atoms with Gasteiger partial charge in [-0.1, -0.05) is 45.2 Å². The van der Waals surface area contributed by atoms with Crippen LogP contribution in [0.1, 0.15) is 16.5 Å². The molecule has 90 valence electrons. The molecule has 1 N–H and O–H groups in total. The number of aliphatic hydroxyl groups excluding tert-OH is 1. The van der Waals surface area contributed by atoms with E-state index in [1.165, 1.54) is 11.3 Å². The van der Waals surface area contributed by atoms with E-state index in [1.54, 1.807) is 18.2 Å². The molecule has 0 bridgehead atoms. The molecule has 2 rings (SSSR count). The molecular weight excluding hydrogens is 411 g/mol. The maximum absolute atomic E-state index is 10.2. The Balaban J connectivity index is 2.39. The summed E-state index contributed by atoms with van der Waals surface area (Å²) >= 11 is 20.1. The first kappa shape index (κ1) is 13.8. The van der Waals surface area contributed by atoms with Gasteiger partial charge in [-0.3, -0.25) is 0 Å². The highest BCUT2D eigenvalue weighted by molar-refractivity contribution is 9.11. The fourth-order valence-electron chi connectivity index (χ4n) is 1.37.